The lowest BCUT2D eigenvalue weighted by Crippen LogP contribution is -1.94. The van der Waals surface area contributed by atoms with E-state index < -0.39 is 0 Å². The van der Waals surface area contributed by atoms with Crippen LogP contribution in [0.5, 0.6) is 0 Å². The molecule has 4 nitrogen and oxygen atoms in total. The second-order valence-corrected chi connectivity index (χ2v) is 7.26. The quantitative estimate of drug-likeness (QED) is 0.321. The molecule has 0 fully saturated rings. The van der Waals surface area contributed by atoms with E-state index in [1.165, 1.54) is 12.1 Å². The molecule has 0 saturated heterocycles. The summed E-state index contributed by atoms with van der Waals surface area (Å²) < 4.78 is 21.0. The van der Waals surface area contributed by atoms with E-state index in [-0.39, 0.29) is 5.82 Å². The van der Waals surface area contributed by atoms with E-state index >= 15 is 0 Å². The molecule has 0 atom stereocenters. The molecule has 5 rings (SSSR count). The van der Waals surface area contributed by atoms with Crippen LogP contribution in [0.25, 0.3) is 39.6 Å². The van der Waals surface area contributed by atoms with Gasteiger partial charge in [-0.25, -0.2) is 13.9 Å². The molecule has 0 N–H and O–H groups in total. The minimum atomic E-state index is -0.289. The van der Waals surface area contributed by atoms with Gasteiger partial charge < -0.3 is 4.42 Å². The van der Waals surface area contributed by atoms with E-state index in [4.69, 9.17) is 27.6 Å². The molecule has 3 heterocycles. The molecule has 3 aromatic heterocycles. The van der Waals surface area contributed by atoms with E-state index in [0.717, 1.165) is 22.4 Å². The number of halogens is 3. The Morgan fingerprint density at radius 2 is 1.66 bits per heavy atom. The Morgan fingerprint density at radius 3 is 2.45 bits per heavy atom. The second-order valence-electron chi connectivity index (χ2n) is 6.42. The predicted octanol–water partition coefficient (Wildman–Crippen LogP) is 6.77. The number of aromatic nitrogens is 3. The standard InChI is InChI=1S/C22H12Cl2FN3O/c23-14-3-6-16(18(24)11-14)20-7-8-21(29-20)19-9-10-26-22-17(12-27-28(19)22)13-1-4-15(25)5-2-13/h1-12H. The van der Waals surface area contributed by atoms with Gasteiger partial charge in [-0.1, -0.05) is 35.3 Å². The average Bonchev–Trinajstić information content (AvgIpc) is 3.36. The molecule has 0 radical (unpaired) electrons. The fraction of sp³-hybridized carbons (Fsp3) is 0. The molecular weight excluding hydrogens is 412 g/mol. The van der Waals surface area contributed by atoms with Gasteiger partial charge in [-0.05, 0) is 54.1 Å². The van der Waals surface area contributed by atoms with Crippen LogP contribution < -0.4 is 0 Å². The summed E-state index contributed by atoms with van der Waals surface area (Å²) in [5.41, 5.74) is 3.77. The Bertz CT molecular complexity index is 1340. The number of rotatable bonds is 3. The predicted molar refractivity (Wildman–Crippen MR) is 112 cm³/mol. The van der Waals surface area contributed by atoms with Crippen molar-refractivity contribution in [2.24, 2.45) is 0 Å². The number of benzene rings is 2. The maximum absolute atomic E-state index is 13.3. The highest BCUT2D eigenvalue weighted by atomic mass is 35.5. The van der Waals surface area contributed by atoms with Crippen LogP contribution in [0.1, 0.15) is 0 Å². The largest absolute Gasteiger partial charge is 0.454 e. The van der Waals surface area contributed by atoms with Gasteiger partial charge >= 0.3 is 0 Å². The van der Waals surface area contributed by atoms with Crippen LogP contribution in [0.4, 0.5) is 4.39 Å². The minimum Gasteiger partial charge on any atom is -0.454 e. The molecule has 0 saturated carbocycles. The lowest BCUT2D eigenvalue weighted by atomic mass is 10.1. The van der Waals surface area contributed by atoms with Crippen molar-refractivity contribution in [2.75, 3.05) is 0 Å². The van der Waals surface area contributed by atoms with Crippen LogP contribution in [-0.4, -0.2) is 14.6 Å². The number of furan rings is 1. The number of hydrogen-bond acceptors (Lipinski definition) is 3. The highest BCUT2D eigenvalue weighted by Gasteiger charge is 2.15. The van der Waals surface area contributed by atoms with Gasteiger partial charge in [-0.2, -0.15) is 5.10 Å². The number of hydrogen-bond donors (Lipinski definition) is 0. The van der Waals surface area contributed by atoms with Crippen molar-refractivity contribution >= 4 is 28.8 Å². The summed E-state index contributed by atoms with van der Waals surface area (Å²) in [5, 5.41) is 5.53. The zero-order chi connectivity index (χ0) is 20.0. The van der Waals surface area contributed by atoms with Crippen molar-refractivity contribution in [3.05, 3.63) is 88.9 Å². The summed E-state index contributed by atoms with van der Waals surface area (Å²) >= 11 is 12.3. The first kappa shape index (κ1) is 17.9. The highest BCUT2D eigenvalue weighted by Crippen LogP contribution is 2.34. The van der Waals surface area contributed by atoms with Gasteiger partial charge in [0.1, 0.15) is 17.3 Å². The Morgan fingerprint density at radius 1 is 0.862 bits per heavy atom. The maximum atomic E-state index is 13.3. The third-order valence-corrected chi connectivity index (χ3v) is 5.16. The molecular formula is C22H12Cl2FN3O. The SMILES string of the molecule is Fc1ccc(-c2cnn3c(-c4ccc(-c5ccc(Cl)cc5Cl)o4)ccnc23)cc1. The molecule has 7 heteroatoms. The summed E-state index contributed by atoms with van der Waals surface area (Å²) in [6.45, 7) is 0. The van der Waals surface area contributed by atoms with Gasteiger partial charge in [0.15, 0.2) is 11.4 Å². The normalized spacial score (nSPS) is 11.3. The fourth-order valence-electron chi connectivity index (χ4n) is 3.22. The zero-order valence-electron chi connectivity index (χ0n) is 14.8. The van der Waals surface area contributed by atoms with E-state index in [1.54, 1.807) is 41.2 Å². The van der Waals surface area contributed by atoms with Crippen molar-refractivity contribution in [1.82, 2.24) is 14.6 Å². The van der Waals surface area contributed by atoms with Crippen LogP contribution >= 0.6 is 23.2 Å². The van der Waals surface area contributed by atoms with Gasteiger partial charge in [0.2, 0.25) is 0 Å². The van der Waals surface area contributed by atoms with E-state index in [0.29, 0.717) is 27.2 Å². The maximum Gasteiger partial charge on any atom is 0.163 e. The molecule has 142 valence electrons. The summed E-state index contributed by atoms with van der Waals surface area (Å²) in [7, 11) is 0. The molecule has 0 aliphatic heterocycles. The first-order valence-corrected chi connectivity index (χ1v) is 9.50. The molecule has 0 aliphatic rings. The van der Waals surface area contributed by atoms with Crippen LogP contribution in [0.2, 0.25) is 10.0 Å². The summed E-state index contributed by atoms with van der Waals surface area (Å²) in [5.74, 6) is 0.951. The summed E-state index contributed by atoms with van der Waals surface area (Å²) in [4.78, 5) is 4.44. The fourth-order valence-corrected chi connectivity index (χ4v) is 3.72. The monoisotopic (exact) mass is 423 g/mol. The van der Waals surface area contributed by atoms with Gasteiger partial charge in [-0.15, -0.1) is 0 Å². The van der Waals surface area contributed by atoms with Gasteiger partial charge in [0.25, 0.3) is 0 Å². The van der Waals surface area contributed by atoms with Crippen molar-refractivity contribution in [2.45, 2.75) is 0 Å². The van der Waals surface area contributed by atoms with Crippen LogP contribution in [0.15, 0.2) is 77.5 Å². The lowest BCUT2D eigenvalue weighted by molar-refractivity contribution is 0.592. The molecule has 0 aliphatic carbocycles. The van der Waals surface area contributed by atoms with Gasteiger partial charge in [-0.3, -0.25) is 0 Å². The van der Waals surface area contributed by atoms with Crippen molar-refractivity contribution in [3.8, 4) is 33.9 Å². The third-order valence-electron chi connectivity index (χ3n) is 4.61. The molecule has 29 heavy (non-hydrogen) atoms. The highest BCUT2D eigenvalue weighted by molar-refractivity contribution is 6.36. The molecule has 0 amide bonds. The Hall–Kier alpha value is -3.15. The number of nitrogens with zero attached hydrogens (tertiary/aromatic N) is 3. The van der Waals surface area contributed by atoms with E-state index in [1.807, 2.05) is 24.3 Å². The van der Waals surface area contributed by atoms with E-state index in [9.17, 15) is 4.39 Å². The Kier molecular flexibility index (Phi) is 4.34. The van der Waals surface area contributed by atoms with Crippen LogP contribution in [-0.2, 0) is 0 Å². The Labute approximate surface area is 175 Å². The molecule has 0 spiro atoms. The first-order valence-electron chi connectivity index (χ1n) is 8.74. The van der Waals surface area contributed by atoms with Crippen molar-refractivity contribution in [3.63, 3.8) is 0 Å². The van der Waals surface area contributed by atoms with Crippen molar-refractivity contribution in [1.29, 1.82) is 0 Å². The van der Waals surface area contributed by atoms with Crippen molar-refractivity contribution < 1.29 is 8.81 Å². The van der Waals surface area contributed by atoms with Crippen LogP contribution in [0, 0.1) is 5.82 Å². The van der Waals surface area contributed by atoms with E-state index in [2.05, 4.69) is 10.1 Å². The Balaban J connectivity index is 1.60. The third kappa shape index (κ3) is 3.18. The minimum absolute atomic E-state index is 0.289. The van der Waals surface area contributed by atoms with Gasteiger partial charge in [0.05, 0.1) is 11.2 Å². The topological polar surface area (TPSA) is 43.3 Å². The van der Waals surface area contributed by atoms with Gasteiger partial charge in [0, 0.05) is 22.3 Å². The molecule has 0 bridgehead atoms. The summed E-state index contributed by atoms with van der Waals surface area (Å²) in [6, 6.07) is 17.0. The number of fused-ring (bicyclic) bond motifs is 1. The smallest absolute Gasteiger partial charge is 0.163 e. The molecule has 2 aromatic carbocycles. The second kappa shape index (κ2) is 7.03. The first-order chi connectivity index (χ1) is 14.1. The molecule has 0 unspecified atom stereocenters. The molecule has 5 aromatic rings. The lowest BCUT2D eigenvalue weighted by Gasteiger charge is -2.04. The average molecular weight is 424 g/mol. The van der Waals surface area contributed by atoms with Crippen LogP contribution in [0.3, 0.4) is 0 Å². The zero-order valence-corrected chi connectivity index (χ0v) is 16.3. The summed E-state index contributed by atoms with van der Waals surface area (Å²) in [6.07, 6.45) is 3.40.